The average Bonchev–Trinajstić information content (AvgIpc) is 2.73. The van der Waals surface area contributed by atoms with E-state index in [1.165, 1.54) is 18.2 Å². The predicted molar refractivity (Wildman–Crippen MR) is 129 cm³/mol. The van der Waals surface area contributed by atoms with Gasteiger partial charge in [0.25, 0.3) is 0 Å². The number of benzene rings is 1. The smallest absolute Gasteiger partial charge is 0.303 e. The van der Waals surface area contributed by atoms with Crippen LogP contribution in [0.5, 0.6) is 0 Å². The van der Waals surface area contributed by atoms with Crippen LogP contribution in [-0.2, 0) is 19.4 Å². The molecule has 6 nitrogen and oxygen atoms in total. The van der Waals surface area contributed by atoms with E-state index >= 15 is 0 Å². The molecule has 1 unspecified atom stereocenters. The molecular formula is C23H35Cl2NO5S. The fraction of sp³-hybridized carbons (Fsp3) is 0.652. The summed E-state index contributed by atoms with van der Waals surface area (Å²) in [7, 11) is -3.82. The second-order valence-electron chi connectivity index (χ2n) is 8.08. The second-order valence-corrected chi connectivity index (χ2v) is 10.9. The molecule has 0 saturated heterocycles. The Morgan fingerprint density at radius 1 is 0.969 bits per heavy atom. The van der Waals surface area contributed by atoms with Crippen molar-refractivity contribution in [2.24, 2.45) is 5.92 Å². The van der Waals surface area contributed by atoms with Crippen molar-refractivity contribution in [3.8, 4) is 0 Å². The van der Waals surface area contributed by atoms with Crippen LogP contribution in [0.25, 0.3) is 0 Å². The summed E-state index contributed by atoms with van der Waals surface area (Å²) in [5, 5.41) is 9.36. The van der Waals surface area contributed by atoms with Gasteiger partial charge in [0.1, 0.15) is 0 Å². The van der Waals surface area contributed by atoms with Gasteiger partial charge in [-0.15, -0.1) is 0 Å². The fourth-order valence-corrected chi connectivity index (χ4v) is 5.47. The Bertz CT molecular complexity index is 835. The highest BCUT2D eigenvalue weighted by atomic mass is 35.5. The highest BCUT2D eigenvalue weighted by molar-refractivity contribution is 7.91. The average molecular weight is 509 g/mol. The van der Waals surface area contributed by atoms with Crippen LogP contribution in [0, 0.1) is 5.92 Å². The Kier molecular flexibility index (Phi) is 13.2. The molecule has 1 aromatic rings. The molecule has 0 heterocycles. The molecule has 1 aromatic carbocycles. The first-order valence-corrected chi connectivity index (χ1v) is 13.7. The van der Waals surface area contributed by atoms with Gasteiger partial charge in [0.15, 0.2) is 9.84 Å². The van der Waals surface area contributed by atoms with Gasteiger partial charge in [-0.05, 0) is 43.9 Å². The molecule has 0 bridgehead atoms. The lowest BCUT2D eigenvalue weighted by atomic mass is 10.0. The largest absolute Gasteiger partial charge is 0.481 e. The Balaban J connectivity index is 3.09. The number of carboxylic acids is 1. The molecule has 32 heavy (non-hydrogen) atoms. The van der Waals surface area contributed by atoms with Crippen LogP contribution >= 0.6 is 23.2 Å². The van der Waals surface area contributed by atoms with E-state index in [0.29, 0.717) is 13.1 Å². The summed E-state index contributed by atoms with van der Waals surface area (Å²) in [6.07, 6.45) is 6.05. The van der Waals surface area contributed by atoms with Crippen LogP contribution in [-0.4, -0.2) is 49.1 Å². The maximum atomic E-state index is 13.4. The number of sulfone groups is 1. The van der Waals surface area contributed by atoms with Crippen molar-refractivity contribution in [1.82, 2.24) is 4.90 Å². The Morgan fingerprint density at radius 2 is 1.56 bits per heavy atom. The number of hydrogen-bond donors (Lipinski definition) is 1. The first kappa shape index (κ1) is 28.7. The van der Waals surface area contributed by atoms with Gasteiger partial charge in [0.2, 0.25) is 5.91 Å². The third-order valence-corrected chi connectivity index (χ3v) is 7.89. The number of nitrogens with zero attached hydrogens (tertiary/aromatic N) is 1. The van der Waals surface area contributed by atoms with E-state index in [4.69, 9.17) is 28.3 Å². The van der Waals surface area contributed by atoms with E-state index < -0.39 is 21.7 Å². The maximum Gasteiger partial charge on any atom is 0.303 e. The van der Waals surface area contributed by atoms with E-state index in [0.717, 1.165) is 38.5 Å². The van der Waals surface area contributed by atoms with Gasteiger partial charge in [-0.2, -0.15) is 0 Å². The standard InChI is InChI=1S/C23H35Cl2NO5S/c1-3-5-7-14-26(15-8-6-4-2)23(29)18(10-9-11-22(27)28)17-32(30,31)19-12-13-20(24)21(25)16-19/h12-13,16,18H,3-11,14-15,17H2,1-2H3,(H,27,28). The zero-order valence-corrected chi connectivity index (χ0v) is 21.3. The first-order valence-electron chi connectivity index (χ1n) is 11.3. The highest BCUT2D eigenvalue weighted by Gasteiger charge is 2.30. The fourth-order valence-electron chi connectivity index (χ4n) is 3.50. The SMILES string of the molecule is CCCCCN(CCCCC)C(=O)C(CCCC(=O)O)CS(=O)(=O)c1ccc(Cl)c(Cl)c1. The van der Waals surface area contributed by atoms with E-state index in [9.17, 15) is 18.0 Å². The molecule has 0 aromatic heterocycles. The molecule has 1 N–H and O–H groups in total. The van der Waals surface area contributed by atoms with Crippen LogP contribution in [0.2, 0.25) is 10.0 Å². The number of aliphatic carboxylic acids is 1. The molecule has 0 radical (unpaired) electrons. The Hall–Kier alpha value is -1.31. The lowest BCUT2D eigenvalue weighted by Gasteiger charge is -2.28. The number of unbranched alkanes of at least 4 members (excludes halogenated alkanes) is 4. The summed E-state index contributed by atoms with van der Waals surface area (Å²) in [4.78, 5) is 26.1. The van der Waals surface area contributed by atoms with Gasteiger partial charge in [-0.25, -0.2) is 8.42 Å². The van der Waals surface area contributed by atoms with Gasteiger partial charge in [0.05, 0.1) is 26.6 Å². The molecule has 0 aliphatic heterocycles. The minimum absolute atomic E-state index is 0.00597. The second kappa shape index (κ2) is 14.8. The number of amides is 1. The van der Waals surface area contributed by atoms with Crippen molar-refractivity contribution in [2.45, 2.75) is 76.5 Å². The minimum Gasteiger partial charge on any atom is -0.481 e. The Morgan fingerprint density at radius 3 is 2.06 bits per heavy atom. The zero-order valence-electron chi connectivity index (χ0n) is 19.0. The summed E-state index contributed by atoms with van der Waals surface area (Å²) in [6, 6.07) is 4.08. The number of carboxylic acid groups (broad SMARTS) is 1. The third kappa shape index (κ3) is 10.1. The molecule has 0 saturated carbocycles. The monoisotopic (exact) mass is 507 g/mol. The van der Waals surface area contributed by atoms with Gasteiger partial charge >= 0.3 is 5.97 Å². The van der Waals surface area contributed by atoms with Crippen LogP contribution in [0.3, 0.4) is 0 Å². The normalized spacial score (nSPS) is 12.5. The van der Waals surface area contributed by atoms with Gasteiger partial charge in [0, 0.05) is 19.5 Å². The van der Waals surface area contributed by atoms with Crippen molar-refractivity contribution in [2.75, 3.05) is 18.8 Å². The quantitative estimate of drug-likeness (QED) is 0.283. The Labute approximate surface area is 202 Å². The molecule has 182 valence electrons. The number of rotatable bonds is 16. The van der Waals surface area contributed by atoms with Crippen molar-refractivity contribution in [3.05, 3.63) is 28.2 Å². The van der Waals surface area contributed by atoms with Crippen molar-refractivity contribution in [1.29, 1.82) is 0 Å². The van der Waals surface area contributed by atoms with Crippen molar-refractivity contribution in [3.63, 3.8) is 0 Å². The van der Waals surface area contributed by atoms with Crippen molar-refractivity contribution >= 4 is 44.9 Å². The summed E-state index contributed by atoms with van der Waals surface area (Å²) in [6.45, 7) is 5.33. The molecule has 0 aliphatic rings. The van der Waals surface area contributed by atoms with E-state index in [-0.39, 0.29) is 45.9 Å². The summed E-state index contributed by atoms with van der Waals surface area (Å²) < 4.78 is 26.1. The summed E-state index contributed by atoms with van der Waals surface area (Å²) in [5.74, 6) is -2.38. The van der Waals surface area contributed by atoms with Crippen LogP contribution in [0.15, 0.2) is 23.1 Å². The zero-order chi connectivity index (χ0) is 24.1. The van der Waals surface area contributed by atoms with E-state index in [1.807, 2.05) is 0 Å². The van der Waals surface area contributed by atoms with Gasteiger partial charge in [-0.1, -0.05) is 62.7 Å². The van der Waals surface area contributed by atoms with Crippen LogP contribution < -0.4 is 0 Å². The number of carbonyl (C=O) groups excluding carboxylic acids is 1. The molecular weight excluding hydrogens is 473 g/mol. The third-order valence-electron chi connectivity index (χ3n) is 5.34. The summed E-state index contributed by atoms with van der Waals surface area (Å²) in [5.41, 5.74) is 0. The van der Waals surface area contributed by atoms with Crippen LogP contribution in [0.1, 0.15) is 71.6 Å². The van der Waals surface area contributed by atoms with Crippen LogP contribution in [0.4, 0.5) is 0 Å². The molecule has 1 amide bonds. The minimum atomic E-state index is -3.82. The number of carbonyl (C=O) groups is 2. The summed E-state index contributed by atoms with van der Waals surface area (Å²) >= 11 is 11.9. The molecule has 1 rings (SSSR count). The first-order chi connectivity index (χ1) is 15.1. The molecule has 9 heteroatoms. The molecule has 1 atom stereocenters. The van der Waals surface area contributed by atoms with Gasteiger partial charge in [-0.3, -0.25) is 9.59 Å². The maximum absolute atomic E-state index is 13.4. The number of halogens is 2. The highest BCUT2D eigenvalue weighted by Crippen LogP contribution is 2.27. The lowest BCUT2D eigenvalue weighted by Crippen LogP contribution is -2.40. The van der Waals surface area contributed by atoms with E-state index in [2.05, 4.69) is 13.8 Å². The van der Waals surface area contributed by atoms with E-state index in [1.54, 1.807) is 4.90 Å². The van der Waals surface area contributed by atoms with Gasteiger partial charge < -0.3 is 10.0 Å². The molecule has 0 spiro atoms. The topological polar surface area (TPSA) is 91.8 Å². The lowest BCUT2D eigenvalue weighted by molar-refractivity contribution is -0.138. The molecule has 0 aliphatic carbocycles. The van der Waals surface area contributed by atoms with Crippen molar-refractivity contribution < 1.29 is 23.1 Å². The predicted octanol–water partition coefficient (Wildman–Crippen LogP) is 5.85. The molecule has 0 fully saturated rings. The number of hydrogen-bond acceptors (Lipinski definition) is 4.